The van der Waals surface area contributed by atoms with E-state index in [9.17, 15) is 0 Å². The Bertz CT molecular complexity index is 410. The van der Waals surface area contributed by atoms with Crippen molar-refractivity contribution in [3.8, 4) is 0 Å². The summed E-state index contributed by atoms with van der Waals surface area (Å²) in [6, 6.07) is 1.05. The molecule has 106 valence electrons. The highest BCUT2D eigenvalue weighted by molar-refractivity contribution is 5.10. The van der Waals surface area contributed by atoms with Gasteiger partial charge in [-0.25, -0.2) is 4.98 Å². The zero-order valence-electron chi connectivity index (χ0n) is 12.0. The molecule has 0 bridgehead atoms. The highest BCUT2D eigenvalue weighted by atomic mass is 15.2. The maximum Gasteiger partial charge on any atom is 0.0951 e. The fourth-order valence-corrected chi connectivity index (χ4v) is 3.40. The molecule has 1 aliphatic carbocycles. The minimum absolute atomic E-state index is 0.359. The summed E-state index contributed by atoms with van der Waals surface area (Å²) in [6.45, 7) is 5.40. The largest absolute Gasteiger partial charge is 0.330 e. The molecule has 4 heteroatoms. The second kappa shape index (κ2) is 5.63. The van der Waals surface area contributed by atoms with Crippen LogP contribution in [0.2, 0.25) is 0 Å². The highest BCUT2D eigenvalue weighted by Gasteiger charge is 2.31. The second-order valence-corrected chi connectivity index (χ2v) is 6.12. The van der Waals surface area contributed by atoms with Crippen molar-refractivity contribution < 1.29 is 0 Å². The van der Waals surface area contributed by atoms with E-state index in [2.05, 4.69) is 21.4 Å². The fraction of sp³-hybridized carbons (Fsp3) is 0.800. The lowest BCUT2D eigenvalue weighted by molar-refractivity contribution is 0.120. The Morgan fingerprint density at radius 2 is 2.26 bits per heavy atom. The molecule has 0 spiro atoms. The predicted octanol–water partition coefficient (Wildman–Crippen LogP) is 2.34. The van der Waals surface area contributed by atoms with Crippen LogP contribution in [0, 0.1) is 5.92 Å². The first-order chi connectivity index (χ1) is 9.33. The first-order valence-electron chi connectivity index (χ1n) is 7.79. The Kier molecular flexibility index (Phi) is 3.89. The number of rotatable bonds is 5. The predicted molar refractivity (Wildman–Crippen MR) is 76.9 cm³/mol. The first-order valence-corrected chi connectivity index (χ1v) is 7.79. The van der Waals surface area contributed by atoms with Crippen LogP contribution in [0.3, 0.4) is 0 Å². The van der Waals surface area contributed by atoms with Gasteiger partial charge < -0.3 is 10.3 Å². The normalized spacial score (nSPS) is 26.5. The molecule has 3 rings (SSSR count). The molecule has 1 aromatic heterocycles. The molecule has 1 aromatic rings. The van der Waals surface area contributed by atoms with Crippen molar-refractivity contribution in [1.82, 2.24) is 14.5 Å². The Morgan fingerprint density at radius 1 is 1.42 bits per heavy atom. The minimum atomic E-state index is 0.359. The Balaban J connectivity index is 1.77. The topological polar surface area (TPSA) is 47.1 Å². The van der Waals surface area contributed by atoms with Crippen LogP contribution in [0.1, 0.15) is 56.8 Å². The highest BCUT2D eigenvalue weighted by Crippen LogP contribution is 2.38. The van der Waals surface area contributed by atoms with Crippen molar-refractivity contribution in [2.75, 3.05) is 19.6 Å². The van der Waals surface area contributed by atoms with Crippen molar-refractivity contribution in [3.63, 3.8) is 0 Å². The van der Waals surface area contributed by atoms with Crippen molar-refractivity contribution in [3.05, 3.63) is 18.2 Å². The van der Waals surface area contributed by atoms with Crippen molar-refractivity contribution in [2.24, 2.45) is 11.7 Å². The molecule has 2 atom stereocenters. The van der Waals surface area contributed by atoms with Gasteiger partial charge in [-0.3, -0.25) is 4.90 Å². The minimum Gasteiger partial charge on any atom is -0.330 e. The molecule has 2 heterocycles. The van der Waals surface area contributed by atoms with Crippen LogP contribution in [-0.2, 0) is 0 Å². The summed E-state index contributed by atoms with van der Waals surface area (Å²) >= 11 is 0. The van der Waals surface area contributed by atoms with E-state index in [4.69, 9.17) is 5.73 Å². The third kappa shape index (κ3) is 2.70. The SMILES string of the molecule is CCC1CCCN(C(CN)c2cncn2C2CC2)C1. The van der Waals surface area contributed by atoms with Crippen LogP contribution in [0.5, 0.6) is 0 Å². The smallest absolute Gasteiger partial charge is 0.0951 e. The third-order valence-electron chi connectivity index (χ3n) is 4.77. The Labute approximate surface area is 116 Å². The average molecular weight is 262 g/mol. The monoisotopic (exact) mass is 262 g/mol. The van der Waals surface area contributed by atoms with Crippen LogP contribution < -0.4 is 5.73 Å². The number of piperidine rings is 1. The maximum atomic E-state index is 6.09. The molecule has 1 saturated heterocycles. The molecule has 4 nitrogen and oxygen atoms in total. The summed E-state index contributed by atoms with van der Waals surface area (Å²) in [7, 11) is 0. The van der Waals surface area contributed by atoms with Gasteiger partial charge in [-0.1, -0.05) is 13.3 Å². The number of nitrogens with two attached hydrogens (primary N) is 1. The van der Waals surface area contributed by atoms with Crippen molar-refractivity contribution >= 4 is 0 Å². The number of likely N-dealkylation sites (tertiary alicyclic amines) is 1. The fourth-order valence-electron chi connectivity index (χ4n) is 3.40. The lowest BCUT2D eigenvalue weighted by Crippen LogP contribution is -2.41. The molecule has 0 aromatic carbocycles. The molecule has 2 unspecified atom stereocenters. The third-order valence-corrected chi connectivity index (χ3v) is 4.77. The lowest BCUT2D eigenvalue weighted by Gasteiger charge is -2.37. The van der Waals surface area contributed by atoms with E-state index in [0.29, 0.717) is 18.6 Å². The van der Waals surface area contributed by atoms with E-state index >= 15 is 0 Å². The zero-order valence-corrected chi connectivity index (χ0v) is 12.0. The van der Waals surface area contributed by atoms with Crippen LogP contribution in [0.4, 0.5) is 0 Å². The van der Waals surface area contributed by atoms with Gasteiger partial charge in [0.25, 0.3) is 0 Å². The van der Waals surface area contributed by atoms with Gasteiger partial charge in [-0.2, -0.15) is 0 Å². The molecule has 1 saturated carbocycles. The van der Waals surface area contributed by atoms with Gasteiger partial charge in [0, 0.05) is 25.3 Å². The van der Waals surface area contributed by atoms with Crippen LogP contribution in [-0.4, -0.2) is 34.1 Å². The van der Waals surface area contributed by atoms with Gasteiger partial charge in [-0.05, 0) is 38.1 Å². The van der Waals surface area contributed by atoms with Crippen LogP contribution in [0.15, 0.2) is 12.5 Å². The van der Waals surface area contributed by atoms with E-state index in [1.54, 1.807) is 0 Å². The van der Waals surface area contributed by atoms with Gasteiger partial charge >= 0.3 is 0 Å². The van der Waals surface area contributed by atoms with Crippen molar-refractivity contribution in [1.29, 1.82) is 0 Å². The van der Waals surface area contributed by atoms with Gasteiger partial charge in [0.2, 0.25) is 0 Å². The number of hydrogen-bond acceptors (Lipinski definition) is 3. The number of imidazole rings is 1. The molecule has 1 aliphatic heterocycles. The van der Waals surface area contributed by atoms with Gasteiger partial charge in [0.15, 0.2) is 0 Å². The van der Waals surface area contributed by atoms with Crippen LogP contribution in [0.25, 0.3) is 0 Å². The summed E-state index contributed by atoms with van der Waals surface area (Å²) in [5.74, 6) is 0.847. The van der Waals surface area contributed by atoms with E-state index < -0.39 is 0 Å². The molecule has 0 radical (unpaired) electrons. The Hall–Kier alpha value is -0.870. The summed E-state index contributed by atoms with van der Waals surface area (Å²) in [5, 5.41) is 0. The molecular weight excluding hydrogens is 236 g/mol. The molecule has 2 fully saturated rings. The quantitative estimate of drug-likeness (QED) is 0.886. The summed E-state index contributed by atoms with van der Waals surface area (Å²) in [6.07, 6.45) is 10.6. The maximum absolute atomic E-state index is 6.09. The summed E-state index contributed by atoms with van der Waals surface area (Å²) in [5.41, 5.74) is 7.42. The van der Waals surface area contributed by atoms with E-state index in [1.165, 1.54) is 50.9 Å². The van der Waals surface area contributed by atoms with Crippen molar-refractivity contribution in [2.45, 2.75) is 51.1 Å². The van der Waals surface area contributed by atoms with Crippen LogP contribution >= 0.6 is 0 Å². The summed E-state index contributed by atoms with van der Waals surface area (Å²) in [4.78, 5) is 6.96. The molecule has 2 aliphatic rings. The summed E-state index contributed by atoms with van der Waals surface area (Å²) < 4.78 is 2.37. The van der Waals surface area contributed by atoms with Gasteiger partial charge in [0.05, 0.1) is 18.1 Å². The van der Waals surface area contributed by atoms with Gasteiger partial charge in [-0.15, -0.1) is 0 Å². The van der Waals surface area contributed by atoms with E-state index in [1.807, 2.05) is 12.5 Å². The van der Waals surface area contributed by atoms with Gasteiger partial charge in [0.1, 0.15) is 0 Å². The number of nitrogens with zero attached hydrogens (tertiary/aromatic N) is 3. The zero-order chi connectivity index (χ0) is 13.2. The molecule has 19 heavy (non-hydrogen) atoms. The van der Waals surface area contributed by atoms with E-state index in [0.717, 1.165) is 5.92 Å². The standard InChI is InChI=1S/C15H26N4/c1-2-12-4-3-7-18(10-12)14(8-16)15-9-17-11-19(15)13-5-6-13/h9,11-14H,2-8,10,16H2,1H3. The molecule has 0 amide bonds. The van der Waals surface area contributed by atoms with E-state index in [-0.39, 0.29) is 0 Å². The number of hydrogen-bond donors (Lipinski definition) is 1. The molecule has 2 N–H and O–H groups in total. The Morgan fingerprint density at radius 3 is 2.95 bits per heavy atom. The second-order valence-electron chi connectivity index (χ2n) is 6.12. The number of aromatic nitrogens is 2. The molecular formula is C15H26N4. The first kappa shape index (κ1) is 13.1. The average Bonchev–Trinajstić information content (AvgIpc) is 3.19. The lowest BCUT2D eigenvalue weighted by atomic mass is 9.94.